The van der Waals surface area contributed by atoms with Gasteiger partial charge in [-0.05, 0) is 117 Å². The van der Waals surface area contributed by atoms with Gasteiger partial charge in [0.1, 0.15) is 0 Å². The summed E-state index contributed by atoms with van der Waals surface area (Å²) < 4.78 is 14.3. The summed E-state index contributed by atoms with van der Waals surface area (Å²) in [5, 5.41) is 0. The standard InChI is InChI=1S/C39H60BBrO2/c1-27(2)13-11-15-29(5)21-23-39(24-22-30(6)16-12-14-28(3)4)35-25-31(40-42-37(7,8)38(9,10)43-40)17-19-33(35)34-20-18-32(41)26-36(34)39/h17-20,25-30H,11-16,21-24H2,1-10H3/t29-,30-/m0/s1. The van der Waals surface area contributed by atoms with Gasteiger partial charge in [-0.2, -0.15) is 0 Å². The van der Waals surface area contributed by atoms with Crippen molar-refractivity contribution in [1.82, 2.24) is 0 Å². The van der Waals surface area contributed by atoms with Crippen LogP contribution < -0.4 is 5.46 Å². The molecular weight excluding hydrogens is 591 g/mol. The van der Waals surface area contributed by atoms with Gasteiger partial charge < -0.3 is 9.31 Å². The summed E-state index contributed by atoms with van der Waals surface area (Å²) >= 11 is 3.87. The molecule has 2 aromatic carbocycles. The zero-order valence-corrected chi connectivity index (χ0v) is 30.7. The van der Waals surface area contributed by atoms with E-state index in [0.717, 1.165) is 29.1 Å². The molecule has 1 aliphatic carbocycles. The first-order chi connectivity index (χ1) is 20.1. The van der Waals surface area contributed by atoms with E-state index in [1.165, 1.54) is 90.9 Å². The van der Waals surface area contributed by atoms with Crippen molar-refractivity contribution < 1.29 is 9.31 Å². The summed E-state index contributed by atoms with van der Waals surface area (Å²) in [5.74, 6) is 3.03. The molecule has 1 aliphatic heterocycles. The molecule has 1 heterocycles. The smallest absolute Gasteiger partial charge is 0.399 e. The van der Waals surface area contributed by atoms with Crippen LogP contribution >= 0.6 is 15.9 Å². The monoisotopic (exact) mass is 650 g/mol. The molecule has 2 aliphatic rings. The van der Waals surface area contributed by atoms with E-state index in [2.05, 4.69) is 122 Å². The number of rotatable bonds is 15. The highest BCUT2D eigenvalue weighted by Gasteiger charge is 2.52. The largest absolute Gasteiger partial charge is 0.494 e. The minimum Gasteiger partial charge on any atom is -0.399 e. The molecule has 0 bridgehead atoms. The van der Waals surface area contributed by atoms with E-state index in [4.69, 9.17) is 9.31 Å². The molecule has 2 atom stereocenters. The first kappa shape index (κ1) is 34.8. The topological polar surface area (TPSA) is 18.5 Å². The fraction of sp³-hybridized carbons (Fsp3) is 0.692. The molecule has 0 amide bonds. The lowest BCUT2D eigenvalue weighted by Crippen LogP contribution is -2.41. The Morgan fingerprint density at radius 2 is 1.09 bits per heavy atom. The normalized spacial score (nSPS) is 19.6. The third-order valence-corrected chi connectivity index (χ3v) is 11.4. The molecule has 4 heteroatoms. The number of hydrogen-bond acceptors (Lipinski definition) is 2. The summed E-state index contributed by atoms with van der Waals surface area (Å²) in [4.78, 5) is 0. The summed E-state index contributed by atoms with van der Waals surface area (Å²) in [6.07, 6.45) is 12.9. The average molecular weight is 652 g/mol. The van der Waals surface area contributed by atoms with Crippen LogP contribution in [0.3, 0.4) is 0 Å². The van der Waals surface area contributed by atoms with E-state index >= 15 is 0 Å². The first-order valence-corrected chi connectivity index (χ1v) is 18.2. The SMILES string of the molecule is CC(C)CCC[C@H](C)CCC1(CC[C@@H](C)CCCC(C)C)c2cc(Br)ccc2-c2ccc(B3OC(C)(C)C(C)(C)O3)cc21. The van der Waals surface area contributed by atoms with Crippen molar-refractivity contribution in [2.24, 2.45) is 23.7 Å². The molecule has 43 heavy (non-hydrogen) atoms. The minimum atomic E-state index is -0.349. The molecule has 1 saturated heterocycles. The van der Waals surface area contributed by atoms with Crippen molar-refractivity contribution in [3.05, 3.63) is 52.0 Å². The molecule has 0 saturated carbocycles. The molecule has 238 valence electrons. The Balaban J connectivity index is 1.70. The molecule has 0 spiro atoms. The number of benzene rings is 2. The van der Waals surface area contributed by atoms with Crippen LogP contribution in [-0.2, 0) is 14.7 Å². The molecule has 0 radical (unpaired) electrons. The van der Waals surface area contributed by atoms with E-state index in [0.29, 0.717) is 0 Å². The van der Waals surface area contributed by atoms with Crippen molar-refractivity contribution in [1.29, 1.82) is 0 Å². The van der Waals surface area contributed by atoms with Gasteiger partial charge in [-0.1, -0.05) is 120 Å². The van der Waals surface area contributed by atoms with E-state index in [9.17, 15) is 0 Å². The molecule has 0 aromatic heterocycles. The third-order valence-electron chi connectivity index (χ3n) is 11.0. The molecular formula is C39H60BBrO2. The van der Waals surface area contributed by atoms with Crippen LogP contribution in [-0.4, -0.2) is 18.3 Å². The summed E-state index contributed by atoms with van der Waals surface area (Å²) in [6.45, 7) is 23.0. The van der Waals surface area contributed by atoms with Gasteiger partial charge in [0.2, 0.25) is 0 Å². The van der Waals surface area contributed by atoms with Gasteiger partial charge >= 0.3 is 7.12 Å². The van der Waals surface area contributed by atoms with Crippen LogP contribution in [0, 0.1) is 23.7 Å². The highest BCUT2D eigenvalue weighted by Crippen LogP contribution is 2.55. The van der Waals surface area contributed by atoms with Crippen molar-refractivity contribution in [2.75, 3.05) is 0 Å². The lowest BCUT2D eigenvalue weighted by Gasteiger charge is -2.35. The Bertz CT molecular complexity index is 1180. The fourth-order valence-corrected chi connectivity index (χ4v) is 7.66. The van der Waals surface area contributed by atoms with Gasteiger partial charge in [0.05, 0.1) is 11.2 Å². The minimum absolute atomic E-state index is 0.00666. The van der Waals surface area contributed by atoms with Crippen LogP contribution in [0.5, 0.6) is 0 Å². The van der Waals surface area contributed by atoms with Crippen LogP contribution in [0.15, 0.2) is 40.9 Å². The van der Waals surface area contributed by atoms with Crippen molar-refractivity contribution in [3.63, 3.8) is 0 Å². The molecule has 2 nitrogen and oxygen atoms in total. The average Bonchev–Trinajstić information content (AvgIpc) is 3.31. The first-order valence-electron chi connectivity index (χ1n) is 17.5. The highest BCUT2D eigenvalue weighted by atomic mass is 79.9. The predicted octanol–water partition coefficient (Wildman–Crippen LogP) is 11.5. The van der Waals surface area contributed by atoms with Crippen LogP contribution in [0.4, 0.5) is 0 Å². The fourth-order valence-electron chi connectivity index (χ4n) is 7.30. The van der Waals surface area contributed by atoms with Gasteiger partial charge in [0, 0.05) is 9.89 Å². The Morgan fingerprint density at radius 3 is 1.58 bits per heavy atom. The van der Waals surface area contributed by atoms with Crippen LogP contribution in [0.1, 0.15) is 145 Å². The van der Waals surface area contributed by atoms with E-state index in [1.807, 2.05) is 0 Å². The maximum absolute atomic E-state index is 6.57. The number of halogens is 1. The Hall–Kier alpha value is -1.10. The Kier molecular flexibility index (Phi) is 11.4. The Morgan fingerprint density at radius 1 is 0.628 bits per heavy atom. The zero-order chi connectivity index (χ0) is 31.6. The molecule has 0 unspecified atom stereocenters. The predicted molar refractivity (Wildman–Crippen MR) is 190 cm³/mol. The maximum atomic E-state index is 6.57. The van der Waals surface area contributed by atoms with Gasteiger partial charge in [-0.25, -0.2) is 0 Å². The van der Waals surface area contributed by atoms with Crippen molar-refractivity contribution in [3.8, 4) is 11.1 Å². The van der Waals surface area contributed by atoms with Crippen molar-refractivity contribution >= 4 is 28.5 Å². The lowest BCUT2D eigenvalue weighted by atomic mass is 9.67. The Labute approximate surface area is 273 Å². The third kappa shape index (κ3) is 8.01. The lowest BCUT2D eigenvalue weighted by molar-refractivity contribution is 0.00578. The van der Waals surface area contributed by atoms with Gasteiger partial charge in [-0.3, -0.25) is 0 Å². The number of fused-ring (bicyclic) bond motifs is 3. The number of hydrogen-bond donors (Lipinski definition) is 0. The second-order valence-corrected chi connectivity index (χ2v) is 17.0. The van der Waals surface area contributed by atoms with Gasteiger partial charge in [-0.15, -0.1) is 0 Å². The summed E-state index contributed by atoms with van der Waals surface area (Å²) in [6, 6.07) is 14.1. The summed E-state index contributed by atoms with van der Waals surface area (Å²) in [7, 11) is -0.339. The van der Waals surface area contributed by atoms with Gasteiger partial charge in [0.25, 0.3) is 0 Å². The zero-order valence-electron chi connectivity index (χ0n) is 29.1. The molecule has 2 aromatic rings. The highest BCUT2D eigenvalue weighted by molar-refractivity contribution is 9.10. The van der Waals surface area contributed by atoms with E-state index in [1.54, 1.807) is 0 Å². The quantitative estimate of drug-likeness (QED) is 0.179. The van der Waals surface area contributed by atoms with Crippen LogP contribution in [0.2, 0.25) is 0 Å². The molecule has 0 N–H and O–H groups in total. The van der Waals surface area contributed by atoms with Crippen LogP contribution in [0.25, 0.3) is 11.1 Å². The molecule has 4 rings (SSSR count). The summed E-state index contributed by atoms with van der Waals surface area (Å²) in [5.41, 5.74) is 6.30. The maximum Gasteiger partial charge on any atom is 0.494 e. The van der Waals surface area contributed by atoms with Crippen molar-refractivity contribution in [2.45, 2.75) is 150 Å². The van der Waals surface area contributed by atoms with Gasteiger partial charge in [0.15, 0.2) is 0 Å². The van der Waals surface area contributed by atoms with E-state index in [-0.39, 0.29) is 23.7 Å². The molecule has 1 fully saturated rings. The van der Waals surface area contributed by atoms with E-state index < -0.39 is 0 Å². The second kappa shape index (κ2) is 14.1. The second-order valence-electron chi connectivity index (χ2n) is 16.1.